The van der Waals surface area contributed by atoms with E-state index >= 15 is 0 Å². The second-order valence-electron chi connectivity index (χ2n) is 6.32. The molecule has 0 heterocycles. The first-order valence-corrected chi connectivity index (χ1v) is 10.2. The van der Waals surface area contributed by atoms with Crippen LogP contribution in [0.2, 0.25) is 0 Å². The molecule has 0 aliphatic heterocycles. The maximum Gasteiger partial charge on any atom is 0.321 e. The SMILES string of the molecule is Cc1cccc(C)c1NC(=O)[C@@H](C)OC(=O)CNS(=O)(=O)c1ccccc1C#N. The molecule has 0 saturated carbocycles. The smallest absolute Gasteiger partial charge is 0.321 e. The monoisotopic (exact) mass is 415 g/mol. The van der Waals surface area contributed by atoms with Gasteiger partial charge in [0.25, 0.3) is 5.91 Å². The van der Waals surface area contributed by atoms with Crippen molar-refractivity contribution in [3.8, 4) is 6.07 Å². The summed E-state index contributed by atoms with van der Waals surface area (Å²) in [4.78, 5) is 24.0. The maximum absolute atomic E-state index is 12.3. The van der Waals surface area contributed by atoms with E-state index in [1.165, 1.54) is 31.2 Å². The van der Waals surface area contributed by atoms with Crippen LogP contribution in [0.1, 0.15) is 23.6 Å². The molecule has 2 N–H and O–H groups in total. The number of nitrogens with zero attached hydrogens (tertiary/aromatic N) is 1. The fourth-order valence-electron chi connectivity index (χ4n) is 2.55. The van der Waals surface area contributed by atoms with Gasteiger partial charge in [-0.1, -0.05) is 30.3 Å². The molecular weight excluding hydrogens is 394 g/mol. The Bertz CT molecular complexity index is 1050. The molecule has 9 heteroatoms. The van der Waals surface area contributed by atoms with Crippen LogP contribution in [-0.4, -0.2) is 32.9 Å². The molecule has 1 amide bonds. The summed E-state index contributed by atoms with van der Waals surface area (Å²) in [5.41, 5.74) is 2.31. The number of benzene rings is 2. The molecular formula is C20H21N3O5S. The molecule has 8 nitrogen and oxygen atoms in total. The van der Waals surface area contributed by atoms with E-state index in [9.17, 15) is 18.0 Å². The first-order valence-electron chi connectivity index (χ1n) is 8.71. The highest BCUT2D eigenvalue weighted by molar-refractivity contribution is 7.89. The fraction of sp³-hybridized carbons (Fsp3) is 0.250. The molecule has 2 rings (SSSR count). The van der Waals surface area contributed by atoms with Crippen LogP contribution in [0.15, 0.2) is 47.4 Å². The Kier molecular flexibility index (Phi) is 7.09. The van der Waals surface area contributed by atoms with Crippen molar-refractivity contribution in [3.05, 3.63) is 59.2 Å². The van der Waals surface area contributed by atoms with Crippen LogP contribution < -0.4 is 10.0 Å². The topological polar surface area (TPSA) is 125 Å². The van der Waals surface area contributed by atoms with Gasteiger partial charge in [-0.25, -0.2) is 8.42 Å². The van der Waals surface area contributed by atoms with Gasteiger partial charge in [0.2, 0.25) is 10.0 Å². The zero-order valence-corrected chi connectivity index (χ0v) is 17.0. The molecule has 0 spiro atoms. The number of carbonyl (C=O) groups is 2. The van der Waals surface area contributed by atoms with E-state index in [0.717, 1.165) is 11.1 Å². The minimum absolute atomic E-state index is 0.0466. The second-order valence-corrected chi connectivity index (χ2v) is 8.06. The summed E-state index contributed by atoms with van der Waals surface area (Å²) in [6.45, 7) is 4.39. The third kappa shape index (κ3) is 5.63. The first kappa shape index (κ1) is 22.1. The van der Waals surface area contributed by atoms with Gasteiger partial charge in [-0.05, 0) is 44.0 Å². The van der Waals surface area contributed by atoms with Crippen molar-refractivity contribution in [2.75, 3.05) is 11.9 Å². The van der Waals surface area contributed by atoms with Crippen LogP contribution in [0.5, 0.6) is 0 Å². The van der Waals surface area contributed by atoms with E-state index in [4.69, 9.17) is 10.00 Å². The van der Waals surface area contributed by atoms with Crippen molar-refractivity contribution in [2.45, 2.75) is 31.8 Å². The molecule has 0 fully saturated rings. The standard InChI is InChI=1S/C20H21N3O5S/c1-13-7-6-8-14(2)19(13)23-20(25)15(3)28-18(24)12-22-29(26,27)17-10-5-4-9-16(17)11-21/h4-10,15,22H,12H2,1-3H3,(H,23,25)/t15-/m1/s1. The van der Waals surface area contributed by atoms with Crippen LogP contribution in [0.4, 0.5) is 5.69 Å². The van der Waals surface area contributed by atoms with Crippen LogP contribution in [0.3, 0.4) is 0 Å². The number of nitriles is 1. The lowest BCUT2D eigenvalue weighted by Gasteiger charge is -2.16. The summed E-state index contributed by atoms with van der Waals surface area (Å²) in [6, 6.07) is 12.9. The third-order valence-corrected chi connectivity index (χ3v) is 5.57. The zero-order valence-electron chi connectivity index (χ0n) is 16.2. The van der Waals surface area contributed by atoms with Gasteiger partial charge in [0.15, 0.2) is 6.10 Å². The van der Waals surface area contributed by atoms with Crippen molar-refractivity contribution in [3.63, 3.8) is 0 Å². The normalized spacial score (nSPS) is 11.9. The highest BCUT2D eigenvalue weighted by Gasteiger charge is 2.22. The minimum Gasteiger partial charge on any atom is -0.452 e. The number of carbonyl (C=O) groups excluding carboxylic acids is 2. The first-order chi connectivity index (χ1) is 13.7. The number of hydrogen-bond donors (Lipinski definition) is 2. The molecule has 0 bridgehead atoms. The quantitative estimate of drug-likeness (QED) is 0.667. The largest absolute Gasteiger partial charge is 0.452 e. The van der Waals surface area contributed by atoms with E-state index in [0.29, 0.717) is 5.69 Å². The highest BCUT2D eigenvalue weighted by Crippen LogP contribution is 2.20. The van der Waals surface area contributed by atoms with Crippen LogP contribution in [0, 0.1) is 25.2 Å². The van der Waals surface area contributed by atoms with Crippen molar-refractivity contribution >= 4 is 27.6 Å². The van der Waals surface area contributed by atoms with Gasteiger partial charge in [-0.2, -0.15) is 9.98 Å². The summed E-state index contributed by atoms with van der Waals surface area (Å²) in [5.74, 6) is -1.46. The molecule has 0 saturated heterocycles. The van der Waals surface area contributed by atoms with E-state index in [-0.39, 0.29) is 10.5 Å². The predicted octanol–water partition coefficient (Wildman–Crippen LogP) is 2.02. The summed E-state index contributed by atoms with van der Waals surface area (Å²) in [5, 5.41) is 11.7. The minimum atomic E-state index is -4.09. The van der Waals surface area contributed by atoms with E-state index in [1.807, 2.05) is 32.0 Å². The molecule has 0 aromatic heterocycles. The average molecular weight is 415 g/mol. The maximum atomic E-state index is 12.3. The Morgan fingerprint density at radius 3 is 2.34 bits per heavy atom. The Balaban J connectivity index is 1.96. The number of hydrogen-bond acceptors (Lipinski definition) is 6. The lowest BCUT2D eigenvalue weighted by molar-refractivity contribution is -0.151. The van der Waals surface area contributed by atoms with Crippen LogP contribution >= 0.6 is 0 Å². The number of rotatable bonds is 7. The molecule has 0 aliphatic rings. The molecule has 0 unspecified atom stereocenters. The van der Waals surface area contributed by atoms with Gasteiger partial charge in [0.1, 0.15) is 12.6 Å². The van der Waals surface area contributed by atoms with Crippen LogP contribution in [0.25, 0.3) is 0 Å². The number of anilines is 1. The summed E-state index contributed by atoms with van der Waals surface area (Å²) >= 11 is 0. The lowest BCUT2D eigenvalue weighted by Crippen LogP contribution is -2.36. The summed E-state index contributed by atoms with van der Waals surface area (Å²) in [7, 11) is -4.09. The van der Waals surface area contributed by atoms with E-state index in [1.54, 1.807) is 6.07 Å². The van der Waals surface area contributed by atoms with Crippen molar-refractivity contribution < 1.29 is 22.7 Å². The van der Waals surface area contributed by atoms with Gasteiger partial charge in [-0.15, -0.1) is 0 Å². The van der Waals surface area contributed by atoms with Gasteiger partial charge in [-0.3, -0.25) is 9.59 Å². The number of amides is 1. The Morgan fingerprint density at radius 1 is 1.10 bits per heavy atom. The molecule has 152 valence electrons. The summed E-state index contributed by atoms with van der Waals surface area (Å²) in [6.07, 6.45) is -1.13. The lowest BCUT2D eigenvalue weighted by atomic mass is 10.1. The molecule has 2 aromatic carbocycles. The molecule has 1 atom stereocenters. The predicted molar refractivity (Wildman–Crippen MR) is 106 cm³/mol. The van der Waals surface area contributed by atoms with Gasteiger partial charge in [0.05, 0.1) is 10.5 Å². The third-order valence-electron chi connectivity index (χ3n) is 4.11. The van der Waals surface area contributed by atoms with Gasteiger partial charge >= 0.3 is 5.97 Å². The van der Waals surface area contributed by atoms with Gasteiger partial charge in [0, 0.05) is 5.69 Å². The molecule has 2 aromatic rings. The molecule has 0 radical (unpaired) electrons. The molecule has 0 aliphatic carbocycles. The van der Waals surface area contributed by atoms with Crippen molar-refractivity contribution in [1.29, 1.82) is 5.26 Å². The van der Waals surface area contributed by atoms with E-state index < -0.39 is 34.5 Å². The highest BCUT2D eigenvalue weighted by atomic mass is 32.2. The van der Waals surface area contributed by atoms with E-state index in [2.05, 4.69) is 10.0 Å². The van der Waals surface area contributed by atoms with Gasteiger partial charge < -0.3 is 10.1 Å². The molecule has 29 heavy (non-hydrogen) atoms. The number of nitrogens with one attached hydrogen (secondary N) is 2. The fourth-order valence-corrected chi connectivity index (χ4v) is 3.68. The zero-order chi connectivity index (χ0) is 21.6. The Morgan fingerprint density at radius 2 is 1.72 bits per heavy atom. The second kappa shape index (κ2) is 9.32. The number of aryl methyl sites for hydroxylation is 2. The number of ether oxygens (including phenoxy) is 1. The number of sulfonamides is 1. The average Bonchev–Trinajstić information content (AvgIpc) is 2.69. The number of para-hydroxylation sites is 1. The summed E-state index contributed by atoms with van der Waals surface area (Å²) < 4.78 is 31.7. The van der Waals surface area contributed by atoms with Crippen molar-refractivity contribution in [1.82, 2.24) is 4.72 Å². The van der Waals surface area contributed by atoms with Crippen LogP contribution in [-0.2, 0) is 24.3 Å². The van der Waals surface area contributed by atoms with Crippen molar-refractivity contribution in [2.24, 2.45) is 0 Å². The Labute approximate surface area is 169 Å². The number of esters is 1. The Hall–Kier alpha value is -3.22.